The van der Waals surface area contributed by atoms with E-state index in [1.165, 1.54) is 0 Å². The molecule has 0 unspecified atom stereocenters. The molecule has 0 saturated heterocycles. The zero-order valence-corrected chi connectivity index (χ0v) is 16.9. The van der Waals surface area contributed by atoms with Crippen molar-refractivity contribution in [1.29, 1.82) is 0 Å². The first-order valence-electron chi connectivity index (χ1n) is 7.65. The van der Waals surface area contributed by atoms with E-state index >= 15 is 0 Å². The molecule has 0 fully saturated rings. The van der Waals surface area contributed by atoms with Gasteiger partial charge in [0.2, 0.25) is 0 Å². The highest BCUT2D eigenvalue weighted by atomic mass is 35.5. The molecule has 0 aliphatic heterocycles. The van der Waals surface area contributed by atoms with Crippen LogP contribution in [-0.4, -0.2) is 50.1 Å². The number of rotatable bonds is 8. The fourth-order valence-electron chi connectivity index (χ4n) is 1.91. The van der Waals surface area contributed by atoms with Gasteiger partial charge in [0, 0.05) is 30.7 Å². The molecule has 0 spiro atoms. The van der Waals surface area contributed by atoms with E-state index in [2.05, 4.69) is 15.5 Å². The van der Waals surface area contributed by atoms with E-state index < -0.39 is 0 Å². The van der Waals surface area contributed by atoms with Crippen molar-refractivity contribution in [1.82, 2.24) is 15.5 Å². The maximum Gasteiger partial charge on any atom is 0.258 e. The highest BCUT2D eigenvalue weighted by Gasteiger charge is 2.14. The van der Waals surface area contributed by atoms with Crippen LogP contribution >= 0.6 is 24.8 Å². The number of hydrogen-bond donors (Lipinski definition) is 2. The molecule has 1 aromatic carbocycles. The predicted molar refractivity (Wildman–Crippen MR) is 105 cm³/mol. The average Bonchev–Trinajstić information content (AvgIpc) is 2.40. The van der Waals surface area contributed by atoms with Crippen LogP contribution in [0.25, 0.3) is 0 Å². The highest BCUT2D eigenvalue weighted by molar-refractivity contribution is 5.85. The minimum absolute atomic E-state index is 0. The van der Waals surface area contributed by atoms with Gasteiger partial charge in [-0.2, -0.15) is 0 Å². The van der Waals surface area contributed by atoms with Crippen molar-refractivity contribution >= 4 is 30.7 Å². The predicted octanol–water partition coefficient (Wildman–Crippen LogP) is 2.47. The Morgan fingerprint density at radius 1 is 1.17 bits per heavy atom. The van der Waals surface area contributed by atoms with Crippen LogP contribution in [0.15, 0.2) is 24.3 Å². The van der Waals surface area contributed by atoms with Crippen molar-refractivity contribution in [3.63, 3.8) is 0 Å². The van der Waals surface area contributed by atoms with Gasteiger partial charge in [0.15, 0.2) is 6.61 Å². The molecule has 0 radical (unpaired) electrons. The van der Waals surface area contributed by atoms with Gasteiger partial charge in [0.1, 0.15) is 5.75 Å². The molecule has 0 atom stereocenters. The van der Waals surface area contributed by atoms with Crippen LogP contribution in [0.5, 0.6) is 5.75 Å². The Kier molecular flexibility index (Phi) is 13.0. The zero-order valence-electron chi connectivity index (χ0n) is 15.2. The third-order valence-corrected chi connectivity index (χ3v) is 2.90. The highest BCUT2D eigenvalue weighted by Crippen LogP contribution is 2.17. The Balaban J connectivity index is 0. The Morgan fingerprint density at radius 2 is 1.79 bits per heavy atom. The first kappa shape index (κ1) is 25.2. The lowest BCUT2D eigenvalue weighted by atomic mass is 10.1. The second kappa shape index (κ2) is 12.4. The van der Waals surface area contributed by atoms with Gasteiger partial charge in [0.05, 0.1) is 0 Å². The summed E-state index contributed by atoms with van der Waals surface area (Å²) in [5, 5.41) is 6.27. The lowest BCUT2D eigenvalue weighted by molar-refractivity contribution is -0.124. The molecule has 0 heterocycles. The van der Waals surface area contributed by atoms with Gasteiger partial charge >= 0.3 is 0 Å². The maximum atomic E-state index is 11.8. The van der Waals surface area contributed by atoms with Crippen LogP contribution in [-0.2, 0) is 11.3 Å². The largest absolute Gasteiger partial charge is 0.483 e. The van der Waals surface area contributed by atoms with E-state index in [-0.39, 0.29) is 42.9 Å². The fraction of sp³-hybridized carbons (Fsp3) is 0.588. The molecule has 1 amide bonds. The summed E-state index contributed by atoms with van der Waals surface area (Å²) >= 11 is 0. The number of nitrogens with one attached hydrogen (secondary N) is 2. The molecular formula is C17H31Cl2N3O2. The van der Waals surface area contributed by atoms with E-state index in [4.69, 9.17) is 4.74 Å². The van der Waals surface area contributed by atoms with Crippen molar-refractivity contribution in [3.05, 3.63) is 29.8 Å². The Morgan fingerprint density at radius 3 is 2.38 bits per heavy atom. The molecule has 0 aliphatic carbocycles. The summed E-state index contributed by atoms with van der Waals surface area (Å²) in [6.07, 6.45) is 0. The number of ether oxygens (including phenoxy) is 1. The Labute approximate surface area is 158 Å². The van der Waals surface area contributed by atoms with Crippen LogP contribution in [0.2, 0.25) is 0 Å². The van der Waals surface area contributed by atoms with Gasteiger partial charge in [-0.25, -0.2) is 0 Å². The fourth-order valence-corrected chi connectivity index (χ4v) is 1.91. The second-order valence-corrected chi connectivity index (χ2v) is 6.67. The number of halogens is 2. The standard InChI is InChI=1S/C17H29N3O2.2ClH/c1-17(2,3)19-16(21)13-22-15-9-7-6-8-14(15)12-18-10-11-20(4)5;;/h6-9,18H,10-13H2,1-5H3,(H,19,21);2*1H. The minimum atomic E-state index is -0.242. The van der Waals surface area contributed by atoms with Gasteiger partial charge in [-0.15, -0.1) is 24.8 Å². The molecule has 7 heteroatoms. The summed E-state index contributed by atoms with van der Waals surface area (Å²) in [7, 11) is 4.10. The second-order valence-electron chi connectivity index (χ2n) is 6.67. The topological polar surface area (TPSA) is 53.6 Å². The Bertz CT molecular complexity index is 477. The van der Waals surface area contributed by atoms with Gasteiger partial charge in [-0.05, 0) is 40.9 Å². The third-order valence-electron chi connectivity index (χ3n) is 2.90. The van der Waals surface area contributed by atoms with Gasteiger partial charge in [0.25, 0.3) is 5.91 Å². The van der Waals surface area contributed by atoms with Crippen LogP contribution in [0.4, 0.5) is 0 Å². The maximum absolute atomic E-state index is 11.8. The molecule has 2 N–H and O–H groups in total. The van der Waals surface area contributed by atoms with Crippen molar-refractivity contribution in [3.8, 4) is 5.75 Å². The van der Waals surface area contributed by atoms with Crippen molar-refractivity contribution in [2.24, 2.45) is 0 Å². The first-order valence-corrected chi connectivity index (χ1v) is 7.65. The molecule has 1 rings (SSSR count). The third kappa shape index (κ3) is 11.5. The number of carbonyl (C=O) groups is 1. The molecular weight excluding hydrogens is 349 g/mol. The van der Waals surface area contributed by atoms with Crippen LogP contribution < -0.4 is 15.4 Å². The monoisotopic (exact) mass is 379 g/mol. The van der Waals surface area contributed by atoms with Crippen LogP contribution in [0.1, 0.15) is 26.3 Å². The normalized spacial score (nSPS) is 10.6. The van der Waals surface area contributed by atoms with Crippen molar-refractivity contribution in [2.75, 3.05) is 33.8 Å². The summed E-state index contributed by atoms with van der Waals surface area (Å²) in [5.74, 6) is 0.645. The number of likely N-dealkylation sites (N-methyl/N-ethyl adjacent to an activating group) is 1. The smallest absolute Gasteiger partial charge is 0.258 e. The SMILES string of the molecule is CN(C)CCNCc1ccccc1OCC(=O)NC(C)(C)C.Cl.Cl. The number of hydrogen-bond acceptors (Lipinski definition) is 4. The van der Waals surface area contributed by atoms with Gasteiger partial charge in [-0.1, -0.05) is 18.2 Å². The molecule has 0 aliphatic rings. The van der Waals surface area contributed by atoms with Gasteiger partial charge in [-0.3, -0.25) is 4.79 Å². The number of carbonyl (C=O) groups excluding carboxylic acids is 1. The summed E-state index contributed by atoms with van der Waals surface area (Å²) in [6, 6.07) is 7.80. The summed E-state index contributed by atoms with van der Waals surface area (Å²) in [6.45, 7) is 8.51. The summed E-state index contributed by atoms with van der Waals surface area (Å²) < 4.78 is 5.66. The Hall–Kier alpha value is -1.01. The number of amides is 1. The lowest BCUT2D eigenvalue weighted by Gasteiger charge is -2.21. The van der Waals surface area contributed by atoms with Crippen molar-refractivity contribution < 1.29 is 9.53 Å². The molecule has 24 heavy (non-hydrogen) atoms. The molecule has 1 aromatic rings. The molecule has 5 nitrogen and oxygen atoms in total. The average molecular weight is 380 g/mol. The van der Waals surface area contributed by atoms with Crippen LogP contribution in [0, 0.1) is 0 Å². The summed E-state index contributed by atoms with van der Waals surface area (Å²) in [5.41, 5.74) is 0.818. The lowest BCUT2D eigenvalue weighted by Crippen LogP contribution is -2.43. The van der Waals surface area contributed by atoms with Gasteiger partial charge < -0.3 is 20.3 Å². The number of nitrogens with zero attached hydrogens (tertiary/aromatic N) is 1. The molecule has 0 aromatic heterocycles. The van der Waals surface area contributed by atoms with E-state index in [0.29, 0.717) is 0 Å². The van der Waals surface area contributed by atoms with E-state index in [1.54, 1.807) is 0 Å². The van der Waals surface area contributed by atoms with E-state index in [1.807, 2.05) is 59.1 Å². The van der Waals surface area contributed by atoms with Crippen molar-refractivity contribution in [2.45, 2.75) is 32.9 Å². The summed E-state index contributed by atoms with van der Waals surface area (Å²) in [4.78, 5) is 14.0. The zero-order chi connectivity index (χ0) is 16.6. The number of para-hydroxylation sites is 1. The molecule has 0 saturated carbocycles. The minimum Gasteiger partial charge on any atom is -0.483 e. The first-order chi connectivity index (χ1) is 10.3. The van der Waals surface area contributed by atoms with Crippen LogP contribution in [0.3, 0.4) is 0 Å². The van der Waals surface area contributed by atoms with E-state index in [9.17, 15) is 4.79 Å². The quantitative estimate of drug-likeness (QED) is 0.681. The number of benzene rings is 1. The molecule has 0 bridgehead atoms. The van der Waals surface area contributed by atoms with E-state index in [0.717, 1.165) is 30.9 Å². The molecule has 140 valence electrons.